The Morgan fingerprint density at radius 3 is 2.50 bits per heavy atom. The first kappa shape index (κ1) is 25.3. The summed E-state index contributed by atoms with van der Waals surface area (Å²) in [6, 6.07) is 20.7. The number of aliphatic hydroxyl groups excluding tert-OH is 1. The van der Waals surface area contributed by atoms with Gasteiger partial charge in [0.1, 0.15) is 23.9 Å². The van der Waals surface area contributed by atoms with Crippen LogP contribution in [0.15, 0.2) is 78.4 Å². The molecular formula is C28H26ClNO6. The normalized spacial score (nSPS) is 16.9. The van der Waals surface area contributed by atoms with E-state index < -0.39 is 17.7 Å². The molecule has 1 amide bonds. The molecule has 1 unspecified atom stereocenters. The van der Waals surface area contributed by atoms with Gasteiger partial charge in [0.15, 0.2) is 0 Å². The van der Waals surface area contributed by atoms with E-state index in [4.69, 9.17) is 25.8 Å². The van der Waals surface area contributed by atoms with E-state index in [1.807, 2.05) is 30.3 Å². The zero-order valence-corrected chi connectivity index (χ0v) is 20.7. The average Bonchev–Trinajstić information content (AvgIpc) is 3.16. The number of ketones is 1. The third-order valence-corrected chi connectivity index (χ3v) is 6.15. The molecule has 1 aliphatic heterocycles. The van der Waals surface area contributed by atoms with Crippen molar-refractivity contribution >= 4 is 29.1 Å². The van der Waals surface area contributed by atoms with Crippen molar-refractivity contribution in [3.05, 3.63) is 100 Å². The van der Waals surface area contributed by atoms with Crippen molar-refractivity contribution < 1.29 is 28.9 Å². The standard InChI is InChI=1S/C28H26ClNO6/c1-34-14-13-30-25(19-9-6-10-21(15-19)36-17-18-7-4-3-5-8-18)24(27(32)28(30)33)26(31)22-16-20(29)11-12-23(22)35-2/h3-12,15-16,25,31H,13-14,17H2,1-2H3/b26-24+. The second-order valence-corrected chi connectivity index (χ2v) is 8.61. The first-order valence-corrected chi connectivity index (χ1v) is 11.7. The van der Waals surface area contributed by atoms with Gasteiger partial charge < -0.3 is 24.2 Å². The van der Waals surface area contributed by atoms with Gasteiger partial charge in [-0.05, 0) is 41.5 Å². The van der Waals surface area contributed by atoms with Gasteiger partial charge in [-0.3, -0.25) is 9.59 Å². The van der Waals surface area contributed by atoms with Crippen molar-refractivity contribution in [2.24, 2.45) is 0 Å². The van der Waals surface area contributed by atoms with E-state index >= 15 is 0 Å². The molecule has 0 bridgehead atoms. The molecule has 1 atom stereocenters. The van der Waals surface area contributed by atoms with Crippen LogP contribution in [0.25, 0.3) is 5.76 Å². The Morgan fingerprint density at radius 2 is 1.78 bits per heavy atom. The lowest BCUT2D eigenvalue weighted by atomic mass is 9.95. The van der Waals surface area contributed by atoms with E-state index in [1.165, 1.54) is 25.2 Å². The van der Waals surface area contributed by atoms with Crippen molar-refractivity contribution in [3.8, 4) is 11.5 Å². The fraction of sp³-hybridized carbons (Fsp3) is 0.214. The van der Waals surface area contributed by atoms with E-state index in [-0.39, 0.29) is 30.0 Å². The predicted molar refractivity (Wildman–Crippen MR) is 136 cm³/mol. The number of ether oxygens (including phenoxy) is 3. The molecule has 1 saturated heterocycles. The Hall–Kier alpha value is -3.81. The minimum Gasteiger partial charge on any atom is -0.507 e. The number of methoxy groups -OCH3 is 2. The number of amides is 1. The molecule has 0 spiro atoms. The number of carbonyl (C=O) groups excluding carboxylic acids is 2. The van der Waals surface area contributed by atoms with Crippen LogP contribution in [-0.2, 0) is 20.9 Å². The molecule has 1 fully saturated rings. The molecule has 1 aliphatic rings. The van der Waals surface area contributed by atoms with Gasteiger partial charge >= 0.3 is 0 Å². The summed E-state index contributed by atoms with van der Waals surface area (Å²) < 4.78 is 16.5. The smallest absolute Gasteiger partial charge is 0.295 e. The molecule has 36 heavy (non-hydrogen) atoms. The topological polar surface area (TPSA) is 85.3 Å². The minimum absolute atomic E-state index is 0.0584. The van der Waals surface area contributed by atoms with Gasteiger partial charge in [0.05, 0.1) is 30.9 Å². The van der Waals surface area contributed by atoms with Crippen LogP contribution in [0.4, 0.5) is 0 Å². The highest BCUT2D eigenvalue weighted by atomic mass is 35.5. The summed E-state index contributed by atoms with van der Waals surface area (Å²) in [4.78, 5) is 27.6. The Kier molecular flexibility index (Phi) is 7.93. The average molecular weight is 508 g/mol. The molecule has 0 aromatic heterocycles. The van der Waals surface area contributed by atoms with Crippen LogP contribution in [0.1, 0.15) is 22.7 Å². The molecule has 4 rings (SSSR count). The van der Waals surface area contributed by atoms with E-state index in [0.717, 1.165) is 5.56 Å². The number of rotatable bonds is 9. The lowest BCUT2D eigenvalue weighted by molar-refractivity contribution is -0.140. The molecule has 0 saturated carbocycles. The Labute approximate surface area is 214 Å². The first-order valence-electron chi connectivity index (χ1n) is 11.3. The number of Topliss-reactive ketones (excluding diaryl/α,β-unsaturated/α-hetero) is 1. The third-order valence-electron chi connectivity index (χ3n) is 5.92. The number of benzene rings is 3. The molecule has 3 aromatic rings. The van der Waals surface area contributed by atoms with Gasteiger partial charge in [-0.15, -0.1) is 0 Å². The quantitative estimate of drug-likeness (QED) is 0.249. The van der Waals surface area contributed by atoms with Gasteiger partial charge in [0.2, 0.25) is 0 Å². The summed E-state index contributed by atoms with van der Waals surface area (Å²) in [5.74, 6) is -1.01. The van der Waals surface area contributed by atoms with Crippen molar-refractivity contribution in [2.75, 3.05) is 27.4 Å². The highest BCUT2D eigenvalue weighted by molar-refractivity contribution is 6.46. The summed E-state index contributed by atoms with van der Waals surface area (Å²) >= 11 is 6.16. The largest absolute Gasteiger partial charge is 0.507 e. The monoisotopic (exact) mass is 507 g/mol. The maximum Gasteiger partial charge on any atom is 0.295 e. The van der Waals surface area contributed by atoms with E-state index in [2.05, 4.69) is 0 Å². The Morgan fingerprint density at radius 1 is 1.00 bits per heavy atom. The van der Waals surface area contributed by atoms with E-state index in [0.29, 0.717) is 28.7 Å². The molecule has 7 nitrogen and oxygen atoms in total. The fourth-order valence-electron chi connectivity index (χ4n) is 4.17. The number of hydrogen-bond donors (Lipinski definition) is 1. The number of hydrogen-bond acceptors (Lipinski definition) is 6. The van der Waals surface area contributed by atoms with Gasteiger partial charge in [-0.1, -0.05) is 54.1 Å². The maximum absolute atomic E-state index is 13.2. The molecule has 1 heterocycles. The highest BCUT2D eigenvalue weighted by Crippen LogP contribution is 2.42. The molecule has 0 aliphatic carbocycles. The molecule has 8 heteroatoms. The van der Waals surface area contributed by atoms with E-state index in [9.17, 15) is 14.7 Å². The lowest BCUT2D eigenvalue weighted by Crippen LogP contribution is -2.32. The number of aliphatic hydroxyl groups is 1. The minimum atomic E-state index is -0.857. The third kappa shape index (κ3) is 5.22. The Bertz CT molecular complexity index is 1290. The van der Waals surface area contributed by atoms with Crippen molar-refractivity contribution in [1.82, 2.24) is 4.90 Å². The SMILES string of the molecule is COCCN1C(=O)C(=O)/C(=C(/O)c2cc(Cl)ccc2OC)C1c1cccc(OCc2ccccc2)c1. The predicted octanol–water partition coefficient (Wildman–Crippen LogP) is 5.00. The second-order valence-electron chi connectivity index (χ2n) is 8.18. The van der Waals surface area contributed by atoms with Gasteiger partial charge in [0.25, 0.3) is 11.7 Å². The zero-order chi connectivity index (χ0) is 25.7. The van der Waals surface area contributed by atoms with Crippen molar-refractivity contribution in [2.45, 2.75) is 12.6 Å². The van der Waals surface area contributed by atoms with Crippen molar-refractivity contribution in [1.29, 1.82) is 0 Å². The second kappa shape index (κ2) is 11.3. The summed E-state index contributed by atoms with van der Waals surface area (Å²) in [6.07, 6.45) is 0. The van der Waals surface area contributed by atoms with Crippen LogP contribution in [0.5, 0.6) is 11.5 Å². The molecule has 0 radical (unpaired) electrons. The summed E-state index contributed by atoms with van der Waals surface area (Å²) in [6.45, 7) is 0.729. The van der Waals surface area contributed by atoms with Gasteiger partial charge in [-0.25, -0.2) is 0 Å². The summed E-state index contributed by atoms with van der Waals surface area (Å²) in [7, 11) is 2.96. The van der Waals surface area contributed by atoms with Gasteiger partial charge in [-0.2, -0.15) is 0 Å². The highest BCUT2D eigenvalue weighted by Gasteiger charge is 2.46. The molecule has 3 aromatic carbocycles. The van der Waals surface area contributed by atoms with Crippen LogP contribution in [-0.4, -0.2) is 49.1 Å². The lowest BCUT2D eigenvalue weighted by Gasteiger charge is -2.25. The maximum atomic E-state index is 13.2. The number of halogens is 1. The molecule has 186 valence electrons. The van der Waals surface area contributed by atoms with Crippen LogP contribution in [0.2, 0.25) is 5.02 Å². The van der Waals surface area contributed by atoms with Crippen LogP contribution in [0, 0.1) is 0 Å². The van der Waals surface area contributed by atoms with E-state index in [1.54, 1.807) is 36.4 Å². The van der Waals surface area contributed by atoms with Crippen molar-refractivity contribution in [3.63, 3.8) is 0 Å². The van der Waals surface area contributed by atoms with Crippen LogP contribution in [0.3, 0.4) is 0 Å². The molecule has 1 N–H and O–H groups in total. The van der Waals surface area contributed by atoms with Crippen LogP contribution < -0.4 is 9.47 Å². The molecular weight excluding hydrogens is 482 g/mol. The summed E-state index contributed by atoms with van der Waals surface area (Å²) in [5.41, 5.74) is 1.77. The fourth-order valence-corrected chi connectivity index (χ4v) is 4.34. The number of carbonyl (C=O) groups is 2. The first-order chi connectivity index (χ1) is 17.4. The van der Waals surface area contributed by atoms with Crippen LogP contribution >= 0.6 is 11.6 Å². The zero-order valence-electron chi connectivity index (χ0n) is 19.9. The Balaban J connectivity index is 1.78. The number of likely N-dealkylation sites (tertiary alicyclic amines) is 1. The van der Waals surface area contributed by atoms with Gasteiger partial charge in [0, 0.05) is 18.7 Å². The number of nitrogens with zero attached hydrogens (tertiary/aromatic N) is 1. The summed E-state index contributed by atoms with van der Waals surface area (Å²) in [5, 5.41) is 11.7.